The third kappa shape index (κ3) is 3.24. The van der Waals surface area contributed by atoms with Crippen LogP contribution in [0.25, 0.3) is 28.2 Å². The Kier molecular flexibility index (Phi) is 5.43. The number of nitrogens with two attached hydrogens (primary N) is 1. The summed E-state index contributed by atoms with van der Waals surface area (Å²) in [5.41, 5.74) is 11.4. The summed E-state index contributed by atoms with van der Waals surface area (Å²) >= 11 is 2.32. The van der Waals surface area contributed by atoms with Gasteiger partial charge in [-0.15, -0.1) is 0 Å². The summed E-state index contributed by atoms with van der Waals surface area (Å²) in [6, 6.07) is 1.89. The van der Waals surface area contributed by atoms with Crippen LogP contribution in [0.2, 0.25) is 0 Å². The van der Waals surface area contributed by atoms with Gasteiger partial charge < -0.3 is 15.2 Å². The van der Waals surface area contributed by atoms with Crippen LogP contribution < -0.4 is 10.5 Å². The quantitative estimate of drug-likeness (QED) is 0.418. The number of hydrogen-bond donors (Lipinski definition) is 1. The molecule has 0 radical (unpaired) electrons. The molecule has 0 aromatic carbocycles. The van der Waals surface area contributed by atoms with Gasteiger partial charge in [-0.05, 0) is 48.0 Å². The van der Waals surface area contributed by atoms with Crippen molar-refractivity contribution in [3.05, 3.63) is 29.7 Å². The SMILES string of the molecule is C=Cc1nn(PI)c2c(C)nc(-c3c(C)nn(C)c3O[C@H]3COCC3N)cc12. The molecule has 10 heteroatoms. The molecule has 28 heavy (non-hydrogen) atoms. The van der Waals surface area contributed by atoms with Crippen molar-refractivity contribution in [2.45, 2.75) is 26.0 Å². The van der Waals surface area contributed by atoms with Crippen LogP contribution in [0, 0.1) is 13.8 Å². The van der Waals surface area contributed by atoms with Crippen LogP contribution in [0.4, 0.5) is 0 Å². The van der Waals surface area contributed by atoms with Crippen molar-refractivity contribution in [3.8, 4) is 17.1 Å². The highest BCUT2D eigenvalue weighted by Crippen LogP contribution is 2.38. The van der Waals surface area contributed by atoms with Crippen molar-refractivity contribution in [2.75, 3.05) is 13.2 Å². The minimum absolute atomic E-state index is 0.157. The molecular formula is C18H22IN6O2P. The summed E-state index contributed by atoms with van der Waals surface area (Å²) in [6.45, 7) is 8.84. The monoisotopic (exact) mass is 512 g/mol. The van der Waals surface area contributed by atoms with Gasteiger partial charge in [0.05, 0.1) is 59.5 Å². The van der Waals surface area contributed by atoms with E-state index in [-0.39, 0.29) is 12.1 Å². The molecule has 0 spiro atoms. The second kappa shape index (κ2) is 7.70. The Morgan fingerprint density at radius 2 is 2.14 bits per heavy atom. The van der Waals surface area contributed by atoms with E-state index in [1.807, 2.05) is 31.4 Å². The Hall–Kier alpha value is -1.55. The number of fused-ring (bicyclic) bond motifs is 1. The highest BCUT2D eigenvalue weighted by molar-refractivity contribution is 14.2. The molecule has 148 valence electrons. The Bertz CT molecular complexity index is 1060. The van der Waals surface area contributed by atoms with Gasteiger partial charge in [-0.25, -0.2) is 9.13 Å². The molecule has 0 aliphatic carbocycles. The Morgan fingerprint density at radius 3 is 2.79 bits per heavy atom. The summed E-state index contributed by atoms with van der Waals surface area (Å²) in [7, 11) is 1.86. The molecular weight excluding hydrogens is 490 g/mol. The number of hydrogen-bond acceptors (Lipinski definition) is 6. The minimum Gasteiger partial charge on any atom is -0.470 e. The van der Waals surface area contributed by atoms with Crippen LogP contribution in [-0.4, -0.2) is 49.7 Å². The van der Waals surface area contributed by atoms with Crippen molar-refractivity contribution in [3.63, 3.8) is 0 Å². The number of aryl methyl sites for hydroxylation is 3. The van der Waals surface area contributed by atoms with Gasteiger partial charge in [0.25, 0.3) is 0 Å². The number of ether oxygens (including phenoxy) is 2. The van der Waals surface area contributed by atoms with E-state index >= 15 is 0 Å². The first-order chi connectivity index (χ1) is 13.4. The fourth-order valence-corrected chi connectivity index (χ4v) is 5.12. The maximum atomic E-state index is 6.23. The van der Waals surface area contributed by atoms with Gasteiger partial charge in [0.2, 0.25) is 5.88 Å². The zero-order chi connectivity index (χ0) is 20.0. The van der Waals surface area contributed by atoms with Crippen molar-refractivity contribution in [1.29, 1.82) is 0 Å². The van der Waals surface area contributed by atoms with E-state index in [2.05, 4.69) is 38.8 Å². The minimum atomic E-state index is -0.204. The van der Waals surface area contributed by atoms with E-state index in [1.54, 1.807) is 10.8 Å². The topological polar surface area (TPSA) is 93.0 Å². The molecule has 3 aromatic heterocycles. The molecule has 1 saturated heterocycles. The van der Waals surface area contributed by atoms with Crippen molar-refractivity contribution < 1.29 is 9.47 Å². The van der Waals surface area contributed by atoms with E-state index in [9.17, 15) is 0 Å². The van der Waals surface area contributed by atoms with Crippen LogP contribution in [0.1, 0.15) is 17.1 Å². The summed E-state index contributed by atoms with van der Waals surface area (Å²) in [5.74, 6) is 0.651. The zero-order valence-electron chi connectivity index (χ0n) is 15.9. The molecule has 0 bridgehead atoms. The fourth-order valence-electron chi connectivity index (χ4n) is 3.56. The van der Waals surface area contributed by atoms with Gasteiger partial charge in [0, 0.05) is 12.4 Å². The van der Waals surface area contributed by atoms with Crippen LogP contribution in [0.3, 0.4) is 0 Å². The van der Waals surface area contributed by atoms with Gasteiger partial charge >= 0.3 is 0 Å². The predicted molar refractivity (Wildman–Crippen MR) is 120 cm³/mol. The Labute approximate surface area is 177 Å². The molecule has 0 amide bonds. The molecule has 1 aliphatic rings. The third-order valence-corrected chi connectivity index (χ3v) is 6.75. The number of rotatable bonds is 5. The summed E-state index contributed by atoms with van der Waals surface area (Å²) in [6.07, 6.45) is 2.06. The van der Waals surface area contributed by atoms with E-state index in [1.165, 1.54) is 0 Å². The van der Waals surface area contributed by atoms with E-state index in [4.69, 9.17) is 20.2 Å². The first kappa shape index (κ1) is 19.8. The number of aromatic nitrogens is 5. The summed E-state index contributed by atoms with van der Waals surface area (Å²) < 4.78 is 15.4. The standard InChI is InChI=1S/C18H22IN6O2P/c1-5-13-11-6-14(21-10(3)17(11)25(23-13)28-19)16-9(2)22-24(4)18(16)27-15-8-26-7-12(15)20/h5-6,12,15,28H,1,7-8,20H2,2-4H3/t12?,15-/m0/s1. The first-order valence-electron chi connectivity index (χ1n) is 8.88. The van der Waals surface area contributed by atoms with Crippen LogP contribution in [0.15, 0.2) is 12.6 Å². The van der Waals surface area contributed by atoms with Gasteiger partial charge in [0.1, 0.15) is 6.10 Å². The molecule has 3 aromatic rings. The van der Waals surface area contributed by atoms with Crippen LogP contribution in [0.5, 0.6) is 5.88 Å². The third-order valence-electron chi connectivity index (χ3n) is 4.89. The van der Waals surface area contributed by atoms with Crippen molar-refractivity contribution >= 4 is 45.4 Å². The molecule has 1 aliphatic heterocycles. The molecule has 3 atom stereocenters. The highest BCUT2D eigenvalue weighted by atomic mass is 127. The van der Waals surface area contributed by atoms with Gasteiger partial charge in [-0.2, -0.15) is 10.2 Å². The molecule has 1 fully saturated rings. The number of halogens is 1. The molecule has 8 nitrogen and oxygen atoms in total. The van der Waals surface area contributed by atoms with E-state index < -0.39 is 0 Å². The largest absolute Gasteiger partial charge is 0.470 e. The lowest BCUT2D eigenvalue weighted by atomic mass is 10.1. The molecule has 4 rings (SSSR count). The maximum absolute atomic E-state index is 6.23. The first-order valence-corrected chi connectivity index (χ1v) is 12.9. The predicted octanol–water partition coefficient (Wildman–Crippen LogP) is 2.99. The molecule has 2 N–H and O–H groups in total. The van der Waals surface area contributed by atoms with Gasteiger partial charge in [0.15, 0.2) is 0 Å². The maximum Gasteiger partial charge on any atom is 0.221 e. The number of nitrogens with zero attached hydrogens (tertiary/aromatic N) is 5. The van der Waals surface area contributed by atoms with Gasteiger partial charge in [-0.1, -0.05) is 6.58 Å². The molecule has 4 heterocycles. The van der Waals surface area contributed by atoms with Gasteiger partial charge in [-0.3, -0.25) is 4.98 Å². The van der Waals surface area contributed by atoms with Crippen LogP contribution >= 0.6 is 28.4 Å². The zero-order valence-corrected chi connectivity index (χ0v) is 19.1. The lowest BCUT2D eigenvalue weighted by Crippen LogP contribution is -2.37. The van der Waals surface area contributed by atoms with Crippen molar-refractivity contribution in [2.24, 2.45) is 12.8 Å². The van der Waals surface area contributed by atoms with E-state index in [0.29, 0.717) is 25.5 Å². The highest BCUT2D eigenvalue weighted by Gasteiger charge is 2.30. The van der Waals surface area contributed by atoms with Crippen LogP contribution in [-0.2, 0) is 11.8 Å². The molecule has 0 saturated carbocycles. The Balaban J connectivity index is 1.87. The average molecular weight is 512 g/mol. The van der Waals surface area contributed by atoms with Crippen molar-refractivity contribution in [1.82, 2.24) is 24.3 Å². The Morgan fingerprint density at radius 1 is 1.36 bits per heavy atom. The summed E-state index contributed by atoms with van der Waals surface area (Å²) in [5, 5.41) is 10.2. The second-order valence-electron chi connectivity index (χ2n) is 6.82. The second-order valence-corrected chi connectivity index (χ2v) is 8.86. The smallest absolute Gasteiger partial charge is 0.221 e. The lowest BCUT2D eigenvalue weighted by Gasteiger charge is -2.17. The fraction of sp³-hybridized carbons (Fsp3) is 0.389. The normalized spacial score (nSPS) is 19.9. The molecule has 2 unspecified atom stereocenters. The average Bonchev–Trinajstić information content (AvgIpc) is 3.31. The summed E-state index contributed by atoms with van der Waals surface area (Å²) in [4.78, 5) is 4.87. The number of pyridine rings is 1. The lowest BCUT2D eigenvalue weighted by molar-refractivity contribution is 0.133. The van der Waals surface area contributed by atoms with E-state index in [0.717, 1.165) is 39.2 Å².